The number of nitrogens with zero attached hydrogens (tertiary/aromatic N) is 2. The maximum absolute atomic E-state index is 6.21. The molecule has 4 heteroatoms. The maximum Gasteiger partial charge on any atom is 0.147 e. The molecule has 0 aromatic carbocycles. The highest BCUT2D eigenvalue weighted by Crippen LogP contribution is 2.23. The zero-order valence-electron chi connectivity index (χ0n) is 10.3. The van der Waals surface area contributed by atoms with Gasteiger partial charge in [-0.1, -0.05) is 25.4 Å². The second-order valence-corrected chi connectivity index (χ2v) is 4.26. The molecule has 1 heterocycles. The third-order valence-corrected chi connectivity index (χ3v) is 2.66. The molecule has 0 aliphatic heterocycles. The van der Waals surface area contributed by atoms with Crippen LogP contribution in [-0.4, -0.2) is 25.1 Å². The van der Waals surface area contributed by atoms with Crippen LogP contribution in [0.1, 0.15) is 25.8 Å². The van der Waals surface area contributed by atoms with Crippen molar-refractivity contribution in [2.75, 3.05) is 25.0 Å². The van der Waals surface area contributed by atoms with Gasteiger partial charge in [0.1, 0.15) is 5.82 Å². The number of pyridine rings is 1. The molecule has 3 nitrogen and oxygen atoms in total. The van der Waals surface area contributed by atoms with E-state index >= 15 is 0 Å². The summed E-state index contributed by atoms with van der Waals surface area (Å²) in [4.78, 5) is 6.49. The lowest BCUT2D eigenvalue weighted by Gasteiger charge is -2.18. The summed E-state index contributed by atoms with van der Waals surface area (Å²) < 4.78 is 0. The van der Waals surface area contributed by atoms with Gasteiger partial charge in [0.25, 0.3) is 0 Å². The quantitative estimate of drug-likeness (QED) is 0.830. The fraction of sp³-hybridized carbons (Fsp3) is 0.583. The summed E-state index contributed by atoms with van der Waals surface area (Å²) in [6, 6.07) is 1.98. The zero-order chi connectivity index (χ0) is 12.0. The Morgan fingerprint density at radius 2 is 2.19 bits per heavy atom. The number of anilines is 1. The highest BCUT2D eigenvalue weighted by molar-refractivity contribution is 6.33. The summed E-state index contributed by atoms with van der Waals surface area (Å²) in [5.74, 6) is 0.865. The van der Waals surface area contributed by atoms with Crippen molar-refractivity contribution in [3.8, 4) is 0 Å². The molecule has 0 radical (unpaired) electrons. The summed E-state index contributed by atoms with van der Waals surface area (Å²) in [7, 11) is 2.02. The van der Waals surface area contributed by atoms with Crippen molar-refractivity contribution in [3.63, 3.8) is 0 Å². The first kappa shape index (κ1) is 13.3. The van der Waals surface area contributed by atoms with Crippen LogP contribution in [0.25, 0.3) is 0 Å². The molecule has 1 rings (SSSR count). The van der Waals surface area contributed by atoms with Gasteiger partial charge in [-0.2, -0.15) is 0 Å². The highest BCUT2D eigenvalue weighted by atomic mass is 35.5. The number of rotatable bonds is 6. The molecule has 1 N–H and O–H groups in total. The highest BCUT2D eigenvalue weighted by Gasteiger charge is 2.07. The molecule has 0 bridgehead atoms. The predicted octanol–water partition coefficient (Wildman–Crippen LogP) is 2.69. The minimum Gasteiger partial charge on any atom is -0.358 e. The predicted molar refractivity (Wildman–Crippen MR) is 70.2 cm³/mol. The van der Waals surface area contributed by atoms with E-state index in [1.807, 2.05) is 19.3 Å². The molecule has 0 amide bonds. The van der Waals surface area contributed by atoms with Crippen LogP contribution in [0.3, 0.4) is 0 Å². The van der Waals surface area contributed by atoms with Gasteiger partial charge >= 0.3 is 0 Å². The van der Waals surface area contributed by atoms with Crippen molar-refractivity contribution in [1.82, 2.24) is 10.3 Å². The Balaban J connectivity index is 2.74. The van der Waals surface area contributed by atoms with E-state index in [2.05, 4.69) is 29.0 Å². The van der Waals surface area contributed by atoms with E-state index in [1.165, 1.54) is 0 Å². The molecule has 0 spiro atoms. The SMILES string of the molecule is CCCN(C)c1ncc(CNCC)cc1Cl. The summed E-state index contributed by atoms with van der Waals surface area (Å²) >= 11 is 6.21. The first-order valence-corrected chi connectivity index (χ1v) is 6.13. The topological polar surface area (TPSA) is 28.2 Å². The lowest BCUT2D eigenvalue weighted by atomic mass is 10.2. The molecule has 1 aromatic rings. The molecule has 0 aliphatic carbocycles. The number of hydrogen-bond donors (Lipinski definition) is 1. The van der Waals surface area contributed by atoms with Crippen LogP contribution in [0.15, 0.2) is 12.3 Å². The minimum absolute atomic E-state index is 0.728. The molecular formula is C12H20ClN3. The van der Waals surface area contributed by atoms with Gasteiger partial charge in [-0.25, -0.2) is 4.98 Å². The molecule has 0 aliphatic rings. The maximum atomic E-state index is 6.21. The molecule has 0 saturated carbocycles. The van der Waals surface area contributed by atoms with Crippen molar-refractivity contribution in [1.29, 1.82) is 0 Å². The van der Waals surface area contributed by atoms with Crippen molar-refractivity contribution >= 4 is 17.4 Å². The molecule has 90 valence electrons. The molecule has 0 saturated heterocycles. The van der Waals surface area contributed by atoms with E-state index in [0.29, 0.717) is 0 Å². The summed E-state index contributed by atoms with van der Waals surface area (Å²) in [6.45, 7) is 6.97. The second kappa shape index (κ2) is 6.71. The van der Waals surface area contributed by atoms with Gasteiger partial charge in [-0.05, 0) is 24.6 Å². The lowest BCUT2D eigenvalue weighted by Crippen LogP contribution is -2.20. The van der Waals surface area contributed by atoms with E-state index in [0.717, 1.165) is 42.5 Å². The largest absolute Gasteiger partial charge is 0.358 e. The first-order chi connectivity index (χ1) is 7.69. The third kappa shape index (κ3) is 3.65. The van der Waals surface area contributed by atoms with Crippen LogP contribution in [0, 0.1) is 0 Å². The molecule has 16 heavy (non-hydrogen) atoms. The average molecular weight is 242 g/mol. The van der Waals surface area contributed by atoms with Crippen LogP contribution >= 0.6 is 11.6 Å². The molecule has 0 fully saturated rings. The van der Waals surface area contributed by atoms with Gasteiger partial charge in [0.15, 0.2) is 0 Å². The standard InChI is InChI=1S/C12H20ClN3/c1-4-6-16(3)12-11(13)7-10(9-15-12)8-14-5-2/h7,9,14H,4-6,8H2,1-3H3. The van der Waals surface area contributed by atoms with Gasteiger partial charge in [0, 0.05) is 26.3 Å². The monoisotopic (exact) mass is 241 g/mol. The van der Waals surface area contributed by atoms with E-state index in [-0.39, 0.29) is 0 Å². The Hall–Kier alpha value is -0.800. The third-order valence-electron chi connectivity index (χ3n) is 2.38. The Morgan fingerprint density at radius 3 is 2.75 bits per heavy atom. The first-order valence-electron chi connectivity index (χ1n) is 5.75. The van der Waals surface area contributed by atoms with E-state index in [1.54, 1.807) is 0 Å². The van der Waals surface area contributed by atoms with E-state index in [9.17, 15) is 0 Å². The van der Waals surface area contributed by atoms with Gasteiger partial charge in [-0.15, -0.1) is 0 Å². The Labute approximate surface area is 103 Å². The number of halogens is 1. The number of nitrogens with one attached hydrogen (secondary N) is 1. The van der Waals surface area contributed by atoms with Crippen LogP contribution < -0.4 is 10.2 Å². The number of hydrogen-bond acceptors (Lipinski definition) is 3. The molecule has 1 aromatic heterocycles. The Kier molecular flexibility index (Phi) is 5.56. The van der Waals surface area contributed by atoms with Crippen LogP contribution in [-0.2, 0) is 6.54 Å². The fourth-order valence-corrected chi connectivity index (χ4v) is 1.89. The summed E-state index contributed by atoms with van der Waals surface area (Å²) in [5, 5.41) is 3.98. The van der Waals surface area contributed by atoms with Crippen molar-refractivity contribution in [2.45, 2.75) is 26.8 Å². The van der Waals surface area contributed by atoms with E-state index in [4.69, 9.17) is 11.6 Å². The smallest absolute Gasteiger partial charge is 0.147 e. The van der Waals surface area contributed by atoms with Crippen LogP contribution in [0.2, 0.25) is 5.02 Å². The molecule has 0 unspecified atom stereocenters. The van der Waals surface area contributed by atoms with Gasteiger partial charge in [0.05, 0.1) is 5.02 Å². The van der Waals surface area contributed by atoms with E-state index < -0.39 is 0 Å². The van der Waals surface area contributed by atoms with Gasteiger partial charge in [-0.3, -0.25) is 0 Å². The summed E-state index contributed by atoms with van der Waals surface area (Å²) in [5.41, 5.74) is 1.13. The van der Waals surface area contributed by atoms with Crippen molar-refractivity contribution in [3.05, 3.63) is 22.8 Å². The summed E-state index contributed by atoms with van der Waals surface area (Å²) in [6.07, 6.45) is 2.98. The van der Waals surface area contributed by atoms with Crippen molar-refractivity contribution < 1.29 is 0 Å². The second-order valence-electron chi connectivity index (χ2n) is 3.85. The Morgan fingerprint density at radius 1 is 1.44 bits per heavy atom. The van der Waals surface area contributed by atoms with Crippen LogP contribution in [0.4, 0.5) is 5.82 Å². The Bertz CT molecular complexity index is 328. The van der Waals surface area contributed by atoms with Gasteiger partial charge in [0.2, 0.25) is 0 Å². The minimum atomic E-state index is 0.728. The van der Waals surface area contributed by atoms with Gasteiger partial charge < -0.3 is 10.2 Å². The zero-order valence-corrected chi connectivity index (χ0v) is 11.0. The normalized spacial score (nSPS) is 10.5. The van der Waals surface area contributed by atoms with Crippen molar-refractivity contribution in [2.24, 2.45) is 0 Å². The molecular weight excluding hydrogens is 222 g/mol. The lowest BCUT2D eigenvalue weighted by molar-refractivity contribution is 0.723. The number of aromatic nitrogens is 1. The van der Waals surface area contributed by atoms with Crippen LogP contribution in [0.5, 0.6) is 0 Å². The fourth-order valence-electron chi connectivity index (χ4n) is 1.56. The average Bonchev–Trinajstić information content (AvgIpc) is 2.26. The molecule has 0 atom stereocenters.